The summed E-state index contributed by atoms with van der Waals surface area (Å²) in [5.74, 6) is 1.33. The second-order valence-electron chi connectivity index (χ2n) is 7.76. The maximum absolute atomic E-state index is 13.4. The number of carbonyl (C=O) groups excluding carboxylic acids is 1. The number of hydrogen-bond donors (Lipinski definition) is 0. The second kappa shape index (κ2) is 7.75. The summed E-state index contributed by atoms with van der Waals surface area (Å²) in [7, 11) is 1.64. The Morgan fingerprint density at radius 2 is 1.84 bits per heavy atom. The highest BCUT2D eigenvalue weighted by atomic mass is 35.5. The van der Waals surface area contributed by atoms with Crippen LogP contribution < -0.4 is 9.47 Å². The van der Waals surface area contributed by atoms with Crippen LogP contribution in [0.4, 0.5) is 0 Å². The number of carbonyl (C=O) groups is 1. The van der Waals surface area contributed by atoms with Crippen molar-refractivity contribution in [1.82, 2.24) is 5.01 Å². The summed E-state index contributed by atoms with van der Waals surface area (Å²) in [5.41, 5.74) is 4.51. The van der Waals surface area contributed by atoms with E-state index in [-0.39, 0.29) is 11.8 Å². The van der Waals surface area contributed by atoms with Gasteiger partial charge in [-0.3, -0.25) is 4.79 Å². The van der Waals surface area contributed by atoms with Crippen molar-refractivity contribution in [3.63, 3.8) is 0 Å². The van der Waals surface area contributed by atoms with E-state index in [0.29, 0.717) is 22.8 Å². The molecule has 2 atom stereocenters. The van der Waals surface area contributed by atoms with E-state index in [9.17, 15) is 4.79 Å². The van der Waals surface area contributed by atoms with E-state index in [2.05, 4.69) is 0 Å². The van der Waals surface area contributed by atoms with Crippen LogP contribution in [0.3, 0.4) is 0 Å². The van der Waals surface area contributed by atoms with E-state index < -0.39 is 6.23 Å². The number of benzene rings is 3. The molecule has 156 valence electrons. The SMILES string of the molecule is COc1ccc(C2=NN3C(C(=O)c4ccc(C)cc4)Oc4ccc(Cl)cc4C3C2)cc1. The predicted octanol–water partition coefficient (Wildman–Crippen LogP) is 5.41. The molecule has 0 N–H and O–H groups in total. The number of nitrogens with zero attached hydrogens (tertiary/aromatic N) is 2. The fourth-order valence-electron chi connectivity index (χ4n) is 4.05. The van der Waals surface area contributed by atoms with Crippen molar-refractivity contribution in [3.8, 4) is 11.5 Å². The number of hydrazone groups is 1. The van der Waals surface area contributed by atoms with Gasteiger partial charge in [-0.1, -0.05) is 41.4 Å². The molecule has 0 saturated heterocycles. The summed E-state index contributed by atoms with van der Waals surface area (Å²) in [5, 5.41) is 7.24. The highest BCUT2D eigenvalue weighted by molar-refractivity contribution is 6.30. The average molecular weight is 433 g/mol. The molecule has 0 radical (unpaired) electrons. The molecule has 2 aliphatic rings. The molecular formula is C25H21ClN2O3. The van der Waals surface area contributed by atoms with Crippen molar-refractivity contribution >= 4 is 23.1 Å². The van der Waals surface area contributed by atoms with E-state index >= 15 is 0 Å². The van der Waals surface area contributed by atoms with Crippen molar-refractivity contribution in [2.75, 3.05) is 7.11 Å². The van der Waals surface area contributed by atoms with Gasteiger partial charge in [0.1, 0.15) is 11.5 Å². The van der Waals surface area contributed by atoms with Crippen molar-refractivity contribution in [3.05, 3.63) is 94.0 Å². The molecule has 3 aromatic carbocycles. The molecular weight excluding hydrogens is 412 g/mol. The lowest BCUT2D eigenvalue weighted by molar-refractivity contribution is -0.00455. The molecule has 2 heterocycles. The van der Waals surface area contributed by atoms with Crippen LogP contribution in [0.25, 0.3) is 0 Å². The van der Waals surface area contributed by atoms with Crippen LogP contribution in [0, 0.1) is 6.92 Å². The Hall–Kier alpha value is -3.31. The van der Waals surface area contributed by atoms with E-state index in [1.807, 2.05) is 67.6 Å². The van der Waals surface area contributed by atoms with Gasteiger partial charge in [-0.15, -0.1) is 0 Å². The summed E-state index contributed by atoms with van der Waals surface area (Å²) in [6.45, 7) is 1.99. The van der Waals surface area contributed by atoms with Gasteiger partial charge in [-0.05, 0) is 55.0 Å². The van der Waals surface area contributed by atoms with E-state index in [1.54, 1.807) is 18.2 Å². The maximum Gasteiger partial charge on any atom is 0.251 e. The topological polar surface area (TPSA) is 51.1 Å². The van der Waals surface area contributed by atoms with E-state index in [0.717, 1.165) is 28.2 Å². The fourth-order valence-corrected chi connectivity index (χ4v) is 4.23. The number of rotatable bonds is 4. The number of ether oxygens (including phenoxy) is 2. The Labute approximate surface area is 185 Å². The van der Waals surface area contributed by atoms with Gasteiger partial charge < -0.3 is 9.47 Å². The van der Waals surface area contributed by atoms with Gasteiger partial charge in [0.15, 0.2) is 0 Å². The van der Waals surface area contributed by atoms with E-state index in [1.165, 1.54) is 0 Å². The first-order valence-corrected chi connectivity index (χ1v) is 10.5. The van der Waals surface area contributed by atoms with Crippen molar-refractivity contribution in [2.24, 2.45) is 5.10 Å². The molecule has 3 aromatic rings. The predicted molar refractivity (Wildman–Crippen MR) is 120 cm³/mol. The average Bonchev–Trinajstić information content (AvgIpc) is 3.24. The van der Waals surface area contributed by atoms with Crippen LogP contribution in [-0.4, -0.2) is 29.8 Å². The Bertz CT molecular complexity index is 1170. The van der Waals surface area contributed by atoms with Crippen LogP contribution in [0.2, 0.25) is 5.02 Å². The zero-order valence-electron chi connectivity index (χ0n) is 17.2. The molecule has 0 bridgehead atoms. The monoisotopic (exact) mass is 432 g/mol. The summed E-state index contributed by atoms with van der Waals surface area (Å²) < 4.78 is 11.4. The molecule has 2 aliphatic heterocycles. The first kappa shape index (κ1) is 19.6. The van der Waals surface area contributed by atoms with Gasteiger partial charge in [0, 0.05) is 22.6 Å². The smallest absolute Gasteiger partial charge is 0.251 e. The number of ketones is 1. The molecule has 0 amide bonds. The van der Waals surface area contributed by atoms with Gasteiger partial charge in [-0.25, -0.2) is 5.01 Å². The van der Waals surface area contributed by atoms with Crippen LogP contribution in [0.15, 0.2) is 71.8 Å². The minimum Gasteiger partial charge on any atom is -0.497 e. The summed E-state index contributed by atoms with van der Waals surface area (Å²) in [6, 6.07) is 20.7. The number of halogens is 1. The molecule has 0 spiro atoms. The largest absolute Gasteiger partial charge is 0.497 e. The van der Waals surface area contributed by atoms with Gasteiger partial charge in [0.2, 0.25) is 5.78 Å². The molecule has 2 unspecified atom stereocenters. The maximum atomic E-state index is 13.4. The minimum absolute atomic E-state index is 0.120. The number of Topliss-reactive ketones (excluding diaryl/α,β-unsaturated/α-hetero) is 1. The van der Waals surface area contributed by atoms with Crippen LogP contribution in [-0.2, 0) is 0 Å². The first-order valence-electron chi connectivity index (χ1n) is 10.1. The Morgan fingerprint density at radius 3 is 2.55 bits per heavy atom. The lowest BCUT2D eigenvalue weighted by atomic mass is 9.95. The lowest BCUT2D eigenvalue weighted by Gasteiger charge is -2.37. The third-order valence-corrected chi connectivity index (χ3v) is 5.97. The lowest BCUT2D eigenvalue weighted by Crippen LogP contribution is -2.45. The summed E-state index contributed by atoms with van der Waals surface area (Å²) >= 11 is 6.27. The quantitative estimate of drug-likeness (QED) is 0.517. The highest BCUT2D eigenvalue weighted by Crippen LogP contribution is 2.44. The third-order valence-electron chi connectivity index (χ3n) is 5.74. The molecule has 0 aliphatic carbocycles. The zero-order valence-corrected chi connectivity index (χ0v) is 18.0. The molecule has 31 heavy (non-hydrogen) atoms. The van der Waals surface area contributed by atoms with E-state index in [4.69, 9.17) is 26.2 Å². The van der Waals surface area contributed by atoms with Crippen LogP contribution in [0.5, 0.6) is 11.5 Å². The Balaban J connectivity index is 1.55. The third kappa shape index (κ3) is 3.55. The normalized spacial score (nSPS) is 19.2. The molecule has 6 heteroatoms. The van der Waals surface area contributed by atoms with Crippen LogP contribution >= 0.6 is 11.6 Å². The first-order chi connectivity index (χ1) is 15.0. The second-order valence-corrected chi connectivity index (χ2v) is 8.19. The minimum atomic E-state index is -0.836. The molecule has 5 rings (SSSR count). The van der Waals surface area contributed by atoms with Gasteiger partial charge >= 0.3 is 0 Å². The number of fused-ring (bicyclic) bond motifs is 3. The standard InChI is InChI=1S/C25H21ClN2O3/c1-15-3-5-17(6-4-15)24(29)25-28-22(20-13-18(26)9-12-23(20)31-25)14-21(27-28)16-7-10-19(30-2)11-8-16/h3-13,22,25H,14H2,1-2H3. The Morgan fingerprint density at radius 1 is 1.10 bits per heavy atom. The fraction of sp³-hybridized carbons (Fsp3) is 0.200. The van der Waals surface area contributed by atoms with Crippen molar-refractivity contribution in [1.29, 1.82) is 0 Å². The van der Waals surface area contributed by atoms with Crippen molar-refractivity contribution < 1.29 is 14.3 Å². The Kier molecular flexibility index (Phi) is 4.91. The molecule has 0 fully saturated rings. The summed E-state index contributed by atoms with van der Waals surface area (Å²) in [4.78, 5) is 13.4. The van der Waals surface area contributed by atoms with Gasteiger partial charge in [0.05, 0.1) is 18.9 Å². The van der Waals surface area contributed by atoms with Gasteiger partial charge in [0.25, 0.3) is 6.23 Å². The number of hydrogen-bond acceptors (Lipinski definition) is 5. The number of aryl methyl sites for hydroxylation is 1. The summed E-state index contributed by atoms with van der Waals surface area (Å²) in [6.07, 6.45) is -0.183. The molecule has 0 aromatic heterocycles. The van der Waals surface area contributed by atoms with Crippen LogP contribution in [0.1, 0.15) is 39.5 Å². The molecule has 0 saturated carbocycles. The highest BCUT2D eigenvalue weighted by Gasteiger charge is 2.43. The van der Waals surface area contributed by atoms with Gasteiger partial charge in [-0.2, -0.15) is 5.10 Å². The number of methoxy groups -OCH3 is 1. The van der Waals surface area contributed by atoms with Crippen molar-refractivity contribution in [2.45, 2.75) is 25.6 Å². The zero-order chi connectivity index (χ0) is 21.5. The molecule has 5 nitrogen and oxygen atoms in total.